The summed E-state index contributed by atoms with van der Waals surface area (Å²) in [7, 11) is 0. The Morgan fingerprint density at radius 3 is 2.60 bits per heavy atom. The number of aromatic nitrogens is 2. The molecule has 1 saturated carbocycles. The van der Waals surface area contributed by atoms with Crippen LogP contribution >= 0.6 is 0 Å². The van der Waals surface area contributed by atoms with Crippen LogP contribution in [0.5, 0.6) is 0 Å². The third kappa shape index (κ3) is 5.26. The molecule has 1 aliphatic carbocycles. The minimum Gasteiger partial charge on any atom is -0.404 e. The van der Waals surface area contributed by atoms with Crippen LogP contribution in [0.25, 0.3) is 5.69 Å². The molecule has 1 amide bonds. The molecule has 9 nitrogen and oxygen atoms in total. The second-order valence-electron chi connectivity index (χ2n) is 7.17. The number of anilines is 1. The van der Waals surface area contributed by atoms with E-state index in [1.807, 2.05) is 36.5 Å². The molecular formula is C21H28N8O. The lowest BCUT2D eigenvalue weighted by Gasteiger charge is -2.30. The monoisotopic (exact) mass is 408 g/mol. The zero-order chi connectivity index (χ0) is 21.5. The van der Waals surface area contributed by atoms with Crippen LogP contribution in [-0.4, -0.2) is 33.6 Å². The van der Waals surface area contributed by atoms with E-state index in [9.17, 15) is 4.79 Å². The van der Waals surface area contributed by atoms with E-state index in [4.69, 9.17) is 17.2 Å². The van der Waals surface area contributed by atoms with Gasteiger partial charge in [0.05, 0.1) is 11.3 Å². The maximum Gasteiger partial charge on any atom is 0.253 e. The summed E-state index contributed by atoms with van der Waals surface area (Å²) in [5.74, 6) is -0.105. The van der Waals surface area contributed by atoms with E-state index in [1.54, 1.807) is 10.9 Å². The van der Waals surface area contributed by atoms with Crippen LogP contribution in [0.4, 0.5) is 5.69 Å². The number of nitrogens with one attached hydrogen (secondary N) is 2. The van der Waals surface area contributed by atoms with Crippen LogP contribution in [0.15, 0.2) is 71.9 Å². The van der Waals surface area contributed by atoms with Crippen molar-refractivity contribution in [2.24, 2.45) is 22.2 Å². The zero-order valence-electron chi connectivity index (χ0n) is 16.8. The Hall–Kier alpha value is -3.59. The van der Waals surface area contributed by atoms with Crippen molar-refractivity contribution in [1.82, 2.24) is 15.1 Å². The van der Waals surface area contributed by atoms with Crippen LogP contribution in [0.1, 0.15) is 25.7 Å². The lowest BCUT2D eigenvalue weighted by Crippen LogP contribution is -2.46. The predicted molar refractivity (Wildman–Crippen MR) is 119 cm³/mol. The Morgan fingerprint density at radius 2 is 2.00 bits per heavy atom. The molecule has 1 heterocycles. The Morgan fingerprint density at radius 1 is 1.27 bits per heavy atom. The second-order valence-corrected chi connectivity index (χ2v) is 7.17. The summed E-state index contributed by atoms with van der Waals surface area (Å²) in [4.78, 5) is 16.3. The van der Waals surface area contributed by atoms with Crippen LogP contribution in [0.3, 0.4) is 0 Å². The van der Waals surface area contributed by atoms with Crippen molar-refractivity contribution in [3.63, 3.8) is 0 Å². The summed E-state index contributed by atoms with van der Waals surface area (Å²) >= 11 is 0. The molecule has 1 fully saturated rings. The molecule has 0 saturated heterocycles. The van der Waals surface area contributed by atoms with Crippen molar-refractivity contribution < 1.29 is 4.79 Å². The number of aliphatic imine (C=N–C) groups is 1. The Bertz CT molecular complexity index is 930. The molecule has 30 heavy (non-hydrogen) atoms. The van der Waals surface area contributed by atoms with Gasteiger partial charge in [-0.3, -0.25) is 4.79 Å². The van der Waals surface area contributed by atoms with Gasteiger partial charge in [0.1, 0.15) is 11.7 Å². The van der Waals surface area contributed by atoms with Crippen molar-refractivity contribution in [1.29, 1.82) is 0 Å². The number of amides is 1. The van der Waals surface area contributed by atoms with Crippen LogP contribution < -0.4 is 27.8 Å². The highest BCUT2D eigenvalue weighted by molar-refractivity contribution is 6.24. The minimum absolute atomic E-state index is 0.0395. The first-order chi connectivity index (χ1) is 14.5. The summed E-state index contributed by atoms with van der Waals surface area (Å²) in [5.41, 5.74) is 19.0. The molecule has 1 aromatic heterocycles. The lowest BCUT2D eigenvalue weighted by molar-refractivity contribution is -0.114. The van der Waals surface area contributed by atoms with E-state index in [2.05, 4.69) is 27.3 Å². The highest BCUT2D eigenvalue weighted by Gasteiger charge is 2.22. The van der Waals surface area contributed by atoms with Gasteiger partial charge in [-0.15, -0.1) is 0 Å². The average molecular weight is 409 g/mol. The summed E-state index contributed by atoms with van der Waals surface area (Å²) in [5, 5.41) is 10.6. The van der Waals surface area contributed by atoms with E-state index in [0.29, 0.717) is 11.5 Å². The molecule has 0 unspecified atom stereocenters. The maximum absolute atomic E-state index is 11.9. The number of hydrogen-bond acceptors (Lipinski definition) is 6. The van der Waals surface area contributed by atoms with Gasteiger partial charge in [0, 0.05) is 36.4 Å². The number of rotatable bonds is 7. The first kappa shape index (κ1) is 21.1. The normalized spacial score (nSPS) is 19.9. The number of benzene rings is 1. The molecule has 1 aliphatic rings. The number of nitrogens with two attached hydrogens (primary N) is 3. The number of amidine groups is 1. The maximum atomic E-state index is 11.9. The minimum atomic E-state index is -0.695. The van der Waals surface area contributed by atoms with Gasteiger partial charge in [0.2, 0.25) is 0 Å². The summed E-state index contributed by atoms with van der Waals surface area (Å²) < 4.78 is 1.74. The molecular weight excluding hydrogens is 380 g/mol. The standard InChI is InChI=1S/C21H28N8O/c1-14(26-19-6-3-2-5-18(19)23)27-21(17(13-22)20(24)30)28-15-7-9-16(10-8-15)29-12-4-11-25-29/h4,7-13,18-19,26H,1-3,5-6,22-23H2,(H2,24,30)(H,27,28)/b17-13-/t18-,19+/m0/s1. The van der Waals surface area contributed by atoms with Crippen molar-refractivity contribution in [2.45, 2.75) is 37.8 Å². The lowest BCUT2D eigenvalue weighted by atomic mass is 9.91. The molecule has 0 aliphatic heterocycles. The van der Waals surface area contributed by atoms with E-state index >= 15 is 0 Å². The molecule has 158 valence electrons. The summed E-state index contributed by atoms with van der Waals surface area (Å²) in [6, 6.07) is 9.43. The van der Waals surface area contributed by atoms with Crippen LogP contribution in [-0.2, 0) is 4.79 Å². The molecule has 9 heteroatoms. The van der Waals surface area contributed by atoms with Gasteiger partial charge in [-0.1, -0.05) is 19.4 Å². The fourth-order valence-electron chi connectivity index (χ4n) is 3.41. The SMILES string of the molecule is C=C(N=C(Nc1ccc(-n2cccn2)cc1)/C(=C\N)C(N)=O)N[C@@H]1CCCC[C@@H]1N. The van der Waals surface area contributed by atoms with Crippen molar-refractivity contribution in [3.8, 4) is 5.69 Å². The van der Waals surface area contributed by atoms with Gasteiger partial charge in [0.25, 0.3) is 5.91 Å². The predicted octanol–water partition coefficient (Wildman–Crippen LogP) is 1.34. The number of nitrogens with zero attached hydrogens (tertiary/aromatic N) is 3. The quantitative estimate of drug-likeness (QED) is 0.265. The molecule has 0 spiro atoms. The number of carbonyl (C=O) groups is 1. The van der Waals surface area contributed by atoms with Gasteiger partial charge < -0.3 is 27.8 Å². The Balaban J connectivity index is 1.79. The van der Waals surface area contributed by atoms with E-state index in [-0.39, 0.29) is 23.5 Å². The molecule has 0 bridgehead atoms. The summed E-state index contributed by atoms with van der Waals surface area (Å²) in [6.45, 7) is 3.96. The van der Waals surface area contributed by atoms with Crippen molar-refractivity contribution in [2.75, 3.05) is 5.32 Å². The van der Waals surface area contributed by atoms with Gasteiger partial charge in [-0.05, 0) is 43.2 Å². The van der Waals surface area contributed by atoms with E-state index < -0.39 is 5.91 Å². The molecule has 3 rings (SSSR count). The van der Waals surface area contributed by atoms with Crippen molar-refractivity contribution >= 4 is 17.4 Å². The third-order valence-corrected chi connectivity index (χ3v) is 5.00. The number of primary amides is 1. The van der Waals surface area contributed by atoms with Gasteiger partial charge in [-0.2, -0.15) is 5.10 Å². The fourth-order valence-corrected chi connectivity index (χ4v) is 3.41. The van der Waals surface area contributed by atoms with E-state index in [0.717, 1.165) is 37.6 Å². The average Bonchev–Trinajstić information content (AvgIpc) is 3.25. The first-order valence-electron chi connectivity index (χ1n) is 9.87. The first-order valence-corrected chi connectivity index (χ1v) is 9.87. The van der Waals surface area contributed by atoms with Crippen LogP contribution in [0.2, 0.25) is 0 Å². The van der Waals surface area contributed by atoms with Gasteiger partial charge in [0.15, 0.2) is 0 Å². The molecule has 2 atom stereocenters. The highest BCUT2D eigenvalue weighted by Crippen LogP contribution is 2.18. The second kappa shape index (κ2) is 9.75. The Labute approximate surface area is 175 Å². The smallest absolute Gasteiger partial charge is 0.253 e. The van der Waals surface area contributed by atoms with E-state index in [1.165, 1.54) is 0 Å². The third-order valence-electron chi connectivity index (χ3n) is 5.00. The van der Waals surface area contributed by atoms with Crippen LogP contribution in [0, 0.1) is 0 Å². The largest absolute Gasteiger partial charge is 0.404 e. The molecule has 2 aromatic rings. The fraction of sp³-hybridized carbons (Fsp3) is 0.286. The number of hydrogen-bond donors (Lipinski definition) is 5. The van der Waals surface area contributed by atoms with Crippen molar-refractivity contribution in [3.05, 3.63) is 66.9 Å². The van der Waals surface area contributed by atoms with Gasteiger partial charge in [-0.25, -0.2) is 9.67 Å². The molecule has 1 aromatic carbocycles. The number of carbonyl (C=O) groups excluding carboxylic acids is 1. The molecule has 0 radical (unpaired) electrons. The summed E-state index contributed by atoms with van der Waals surface area (Å²) in [6.07, 6.45) is 8.82. The highest BCUT2D eigenvalue weighted by atomic mass is 16.1. The zero-order valence-corrected chi connectivity index (χ0v) is 16.8. The topological polar surface area (TPSA) is 149 Å². The Kier molecular flexibility index (Phi) is 6.87. The van der Waals surface area contributed by atoms with Gasteiger partial charge >= 0.3 is 0 Å². The molecule has 8 N–H and O–H groups in total.